The SMILES string of the molecule is Cc1cc(OC(=O)NCCN(CC(=O)OC(C)(C)C)C(=O)OC(C)(C)C)c2ccccc2c1OC(=O)NCCN(CC(=O)OC(C)(C)C)C(=O)OC(C)(C)C. The Morgan fingerprint density at radius 1 is 0.564 bits per heavy atom. The van der Waals surface area contributed by atoms with Gasteiger partial charge in [-0.25, -0.2) is 19.2 Å². The third-order valence-electron chi connectivity index (χ3n) is 6.63. The van der Waals surface area contributed by atoms with Gasteiger partial charge in [0.1, 0.15) is 47.0 Å². The van der Waals surface area contributed by atoms with E-state index in [9.17, 15) is 28.8 Å². The zero-order chi connectivity index (χ0) is 41.9. The normalized spacial score (nSPS) is 11.9. The molecule has 0 radical (unpaired) electrons. The fourth-order valence-corrected chi connectivity index (χ4v) is 4.70. The van der Waals surface area contributed by atoms with E-state index in [1.165, 1.54) is 6.07 Å². The predicted octanol–water partition coefficient (Wildman–Crippen LogP) is 6.48. The van der Waals surface area contributed by atoms with E-state index in [4.69, 9.17) is 28.4 Å². The average Bonchev–Trinajstić information content (AvgIpc) is 2.98. The summed E-state index contributed by atoms with van der Waals surface area (Å²) in [5.41, 5.74) is -2.71. The molecular formula is C39H58N4O12. The highest BCUT2D eigenvalue weighted by Crippen LogP contribution is 2.36. The van der Waals surface area contributed by atoms with E-state index in [0.29, 0.717) is 16.3 Å². The Kier molecular flexibility index (Phi) is 15.7. The lowest BCUT2D eigenvalue weighted by molar-refractivity contribution is -0.157. The van der Waals surface area contributed by atoms with Crippen molar-refractivity contribution >= 4 is 47.1 Å². The van der Waals surface area contributed by atoms with Crippen LogP contribution in [-0.4, -0.2) is 108 Å². The lowest BCUT2D eigenvalue weighted by Crippen LogP contribution is -2.45. The molecule has 0 bridgehead atoms. The number of benzene rings is 2. The molecule has 0 atom stereocenters. The fourth-order valence-electron chi connectivity index (χ4n) is 4.70. The van der Waals surface area contributed by atoms with Crippen molar-refractivity contribution in [3.8, 4) is 11.5 Å². The zero-order valence-corrected chi connectivity index (χ0v) is 34.4. The summed E-state index contributed by atoms with van der Waals surface area (Å²) in [5.74, 6) is -0.903. The second-order valence-electron chi connectivity index (χ2n) is 16.7. The number of aryl methyl sites for hydroxylation is 1. The third kappa shape index (κ3) is 17.6. The van der Waals surface area contributed by atoms with Crippen LogP contribution in [0.15, 0.2) is 30.3 Å². The molecule has 4 amide bonds. The van der Waals surface area contributed by atoms with Crippen molar-refractivity contribution in [3.63, 3.8) is 0 Å². The molecule has 0 aromatic heterocycles. The Hall–Kier alpha value is -5.28. The summed E-state index contributed by atoms with van der Waals surface area (Å²) in [7, 11) is 0. The van der Waals surface area contributed by atoms with Gasteiger partial charge in [-0.15, -0.1) is 0 Å². The van der Waals surface area contributed by atoms with Crippen molar-refractivity contribution in [1.29, 1.82) is 0 Å². The molecule has 2 rings (SSSR count). The van der Waals surface area contributed by atoms with Gasteiger partial charge >= 0.3 is 36.3 Å². The van der Waals surface area contributed by atoms with E-state index >= 15 is 0 Å². The van der Waals surface area contributed by atoms with Crippen molar-refractivity contribution in [3.05, 3.63) is 35.9 Å². The molecule has 2 aromatic rings. The average molecular weight is 775 g/mol. The lowest BCUT2D eigenvalue weighted by Gasteiger charge is -2.28. The fraction of sp³-hybridized carbons (Fsp3) is 0.590. The first-order valence-corrected chi connectivity index (χ1v) is 18.0. The largest absolute Gasteiger partial charge is 0.459 e. The Morgan fingerprint density at radius 3 is 1.35 bits per heavy atom. The highest BCUT2D eigenvalue weighted by Gasteiger charge is 2.28. The summed E-state index contributed by atoms with van der Waals surface area (Å²) >= 11 is 0. The number of nitrogens with zero attached hydrogens (tertiary/aromatic N) is 2. The van der Waals surface area contributed by atoms with Crippen LogP contribution in [0, 0.1) is 6.92 Å². The minimum Gasteiger partial charge on any atom is -0.459 e. The monoisotopic (exact) mass is 774 g/mol. The maximum Gasteiger partial charge on any atom is 0.412 e. The topological polar surface area (TPSA) is 188 Å². The first-order chi connectivity index (χ1) is 25.1. The number of hydrogen-bond acceptors (Lipinski definition) is 12. The van der Waals surface area contributed by atoms with Crippen molar-refractivity contribution in [2.24, 2.45) is 0 Å². The van der Waals surface area contributed by atoms with Crippen molar-refractivity contribution < 1.29 is 57.2 Å². The molecule has 0 spiro atoms. The van der Waals surface area contributed by atoms with Crippen LogP contribution >= 0.6 is 0 Å². The second-order valence-corrected chi connectivity index (χ2v) is 16.7. The van der Waals surface area contributed by atoms with Gasteiger partial charge in [-0.1, -0.05) is 24.3 Å². The van der Waals surface area contributed by atoms with E-state index < -0.39 is 71.8 Å². The standard InChI is InChI=1S/C39H58N4O12/c1-25-22-28(50-32(46)40-18-20-42(34(48)54-38(8,9)10)23-29(44)52-36(2,3)4)26-16-14-15-17-27(26)31(25)51-33(47)41-19-21-43(35(49)55-39(11,12)13)24-30(45)53-37(5,6)7/h14-17,22H,18-21,23-24H2,1-13H3,(H,40,46)(H,41,47). The molecule has 0 saturated carbocycles. The van der Waals surface area contributed by atoms with Gasteiger partial charge in [0, 0.05) is 37.0 Å². The highest BCUT2D eigenvalue weighted by atomic mass is 16.6. The second kappa shape index (κ2) is 18.8. The van der Waals surface area contributed by atoms with Crippen LogP contribution in [0.1, 0.15) is 88.6 Å². The molecule has 0 unspecified atom stereocenters. The van der Waals surface area contributed by atoms with Crippen LogP contribution in [0.5, 0.6) is 11.5 Å². The van der Waals surface area contributed by atoms with Crippen LogP contribution in [0.4, 0.5) is 19.2 Å². The van der Waals surface area contributed by atoms with Gasteiger partial charge in [0.05, 0.1) is 0 Å². The molecular weight excluding hydrogens is 716 g/mol. The summed E-state index contributed by atoms with van der Waals surface area (Å²) in [6.45, 7) is 21.0. The molecule has 0 fully saturated rings. The Labute approximate surface area is 323 Å². The Balaban J connectivity index is 2.12. The summed E-state index contributed by atoms with van der Waals surface area (Å²) in [4.78, 5) is 78.8. The molecule has 16 nitrogen and oxygen atoms in total. The number of carbonyl (C=O) groups is 6. The van der Waals surface area contributed by atoms with E-state index in [1.54, 1.807) is 114 Å². The van der Waals surface area contributed by atoms with Gasteiger partial charge in [0.2, 0.25) is 0 Å². The van der Waals surface area contributed by atoms with E-state index in [0.717, 1.165) is 9.80 Å². The molecule has 0 aliphatic heterocycles. The van der Waals surface area contributed by atoms with Gasteiger partial charge in [0.25, 0.3) is 0 Å². The summed E-state index contributed by atoms with van der Waals surface area (Å²) < 4.78 is 32.9. The molecule has 2 N–H and O–H groups in total. The van der Waals surface area contributed by atoms with Crippen molar-refractivity contribution in [2.75, 3.05) is 39.3 Å². The minimum absolute atomic E-state index is 0.0810. The van der Waals surface area contributed by atoms with Gasteiger partial charge < -0.3 is 39.1 Å². The molecule has 306 valence electrons. The maximum absolute atomic E-state index is 13.0. The number of esters is 2. The van der Waals surface area contributed by atoms with Crippen molar-refractivity contribution in [2.45, 2.75) is 112 Å². The molecule has 0 saturated heterocycles. The number of amides is 4. The predicted molar refractivity (Wildman–Crippen MR) is 204 cm³/mol. The maximum atomic E-state index is 13.0. The van der Waals surface area contributed by atoms with Crippen molar-refractivity contribution in [1.82, 2.24) is 20.4 Å². The Morgan fingerprint density at radius 2 is 0.945 bits per heavy atom. The quantitative estimate of drug-likeness (QED) is 0.177. The number of carbonyl (C=O) groups excluding carboxylic acids is 6. The molecule has 16 heteroatoms. The highest BCUT2D eigenvalue weighted by molar-refractivity contribution is 5.97. The van der Waals surface area contributed by atoms with Crippen LogP contribution in [0.2, 0.25) is 0 Å². The summed E-state index contributed by atoms with van der Waals surface area (Å²) in [6.07, 6.45) is -3.17. The Bertz CT molecular complexity index is 1700. The molecule has 0 aliphatic carbocycles. The zero-order valence-electron chi connectivity index (χ0n) is 34.4. The van der Waals surface area contributed by atoms with E-state index in [-0.39, 0.29) is 37.7 Å². The number of hydrogen-bond donors (Lipinski definition) is 2. The summed E-state index contributed by atoms with van der Waals surface area (Å²) in [6, 6.07) is 8.35. The minimum atomic E-state index is -0.835. The van der Waals surface area contributed by atoms with Crippen LogP contribution < -0.4 is 20.1 Å². The number of fused-ring (bicyclic) bond motifs is 1. The van der Waals surface area contributed by atoms with E-state index in [2.05, 4.69) is 10.6 Å². The molecule has 2 aromatic carbocycles. The first-order valence-electron chi connectivity index (χ1n) is 18.0. The third-order valence-corrected chi connectivity index (χ3v) is 6.63. The van der Waals surface area contributed by atoms with Crippen LogP contribution in [0.25, 0.3) is 10.8 Å². The van der Waals surface area contributed by atoms with Crippen LogP contribution in [-0.2, 0) is 28.5 Å². The molecule has 55 heavy (non-hydrogen) atoms. The molecule has 0 aliphatic rings. The van der Waals surface area contributed by atoms with Gasteiger partial charge in [0.15, 0.2) is 0 Å². The summed E-state index contributed by atoms with van der Waals surface area (Å²) in [5, 5.41) is 6.10. The lowest BCUT2D eigenvalue weighted by atomic mass is 10.0. The number of nitrogens with one attached hydrogen (secondary N) is 2. The van der Waals surface area contributed by atoms with Gasteiger partial charge in [-0.3, -0.25) is 19.4 Å². The van der Waals surface area contributed by atoms with Gasteiger partial charge in [-0.05, 0) is 102 Å². The van der Waals surface area contributed by atoms with Gasteiger partial charge in [-0.2, -0.15) is 0 Å². The number of ether oxygens (including phenoxy) is 6. The number of rotatable bonds is 12. The molecule has 0 heterocycles. The van der Waals surface area contributed by atoms with E-state index in [1.807, 2.05) is 0 Å². The first kappa shape index (κ1) is 45.9. The van der Waals surface area contributed by atoms with Crippen LogP contribution in [0.3, 0.4) is 0 Å². The smallest absolute Gasteiger partial charge is 0.412 e.